The average molecular weight is 296 g/mol. The molecule has 0 N–H and O–H groups in total. The van der Waals surface area contributed by atoms with E-state index in [4.69, 9.17) is 4.74 Å². The number of hydrogen-bond donors (Lipinski definition) is 0. The van der Waals surface area contributed by atoms with Crippen LogP contribution in [0.4, 0.5) is 5.00 Å². The Bertz CT molecular complexity index is 530. The standard InChI is InChI=1S/C13H16N2O4S/c1-9-7-14(8-10(2)19-9)12(16)5-3-11-4-6-13(20-11)15(17)18/h3-6,9-10H,7-8H2,1-2H3/b5-3+/t9-,10-/m1/s1. The Kier molecular flexibility index (Phi) is 4.51. The summed E-state index contributed by atoms with van der Waals surface area (Å²) in [7, 11) is 0. The van der Waals surface area contributed by atoms with Crippen LogP contribution in [0.25, 0.3) is 6.08 Å². The van der Waals surface area contributed by atoms with E-state index in [9.17, 15) is 14.9 Å². The maximum atomic E-state index is 12.1. The minimum absolute atomic E-state index is 0.0268. The van der Waals surface area contributed by atoms with E-state index in [1.165, 1.54) is 12.1 Å². The van der Waals surface area contributed by atoms with Crippen molar-refractivity contribution in [2.24, 2.45) is 0 Å². The lowest BCUT2D eigenvalue weighted by Crippen LogP contribution is -2.47. The number of amides is 1. The molecule has 1 amide bonds. The van der Waals surface area contributed by atoms with Crippen LogP contribution >= 0.6 is 11.3 Å². The highest BCUT2D eigenvalue weighted by Gasteiger charge is 2.24. The summed E-state index contributed by atoms with van der Waals surface area (Å²) in [5, 5.41) is 10.6. The molecule has 6 nitrogen and oxygen atoms in total. The van der Waals surface area contributed by atoms with Gasteiger partial charge in [-0.15, -0.1) is 0 Å². The number of hydrogen-bond acceptors (Lipinski definition) is 5. The molecule has 0 bridgehead atoms. The normalized spacial score (nSPS) is 23.2. The molecule has 1 aliphatic rings. The Morgan fingerprint density at radius 1 is 1.45 bits per heavy atom. The van der Waals surface area contributed by atoms with Crippen LogP contribution in [0.1, 0.15) is 18.7 Å². The van der Waals surface area contributed by atoms with Crippen molar-refractivity contribution in [3.63, 3.8) is 0 Å². The Morgan fingerprint density at radius 2 is 2.10 bits per heavy atom. The van der Waals surface area contributed by atoms with Gasteiger partial charge in [0.25, 0.3) is 0 Å². The molecule has 2 heterocycles. The fourth-order valence-electron chi connectivity index (χ4n) is 2.15. The summed E-state index contributed by atoms with van der Waals surface area (Å²) in [4.78, 5) is 24.6. The zero-order valence-electron chi connectivity index (χ0n) is 11.3. The van der Waals surface area contributed by atoms with Crippen LogP contribution in [0.15, 0.2) is 18.2 Å². The minimum atomic E-state index is -0.435. The predicted octanol–water partition coefficient (Wildman–Crippen LogP) is 2.31. The summed E-state index contributed by atoms with van der Waals surface area (Å²) in [6, 6.07) is 3.07. The third kappa shape index (κ3) is 3.64. The fraction of sp³-hybridized carbons (Fsp3) is 0.462. The molecule has 1 aliphatic heterocycles. The van der Waals surface area contributed by atoms with Gasteiger partial charge in [-0.1, -0.05) is 11.3 Å². The molecule has 0 unspecified atom stereocenters. The fourth-order valence-corrected chi connectivity index (χ4v) is 2.87. The first-order valence-electron chi connectivity index (χ1n) is 6.32. The molecule has 1 aromatic heterocycles. The summed E-state index contributed by atoms with van der Waals surface area (Å²) >= 11 is 1.05. The van der Waals surface area contributed by atoms with Gasteiger partial charge in [0.05, 0.1) is 17.1 Å². The molecule has 0 saturated carbocycles. The van der Waals surface area contributed by atoms with Crippen LogP contribution in [0.5, 0.6) is 0 Å². The van der Waals surface area contributed by atoms with E-state index in [-0.39, 0.29) is 23.1 Å². The zero-order chi connectivity index (χ0) is 14.7. The smallest absolute Gasteiger partial charge is 0.324 e. The van der Waals surface area contributed by atoms with Gasteiger partial charge < -0.3 is 9.64 Å². The van der Waals surface area contributed by atoms with Gasteiger partial charge >= 0.3 is 5.00 Å². The first-order valence-corrected chi connectivity index (χ1v) is 7.14. The molecular formula is C13H16N2O4S. The Balaban J connectivity index is 1.99. The molecular weight excluding hydrogens is 280 g/mol. The van der Waals surface area contributed by atoms with E-state index in [0.29, 0.717) is 18.0 Å². The van der Waals surface area contributed by atoms with Gasteiger partial charge in [0.2, 0.25) is 5.91 Å². The Morgan fingerprint density at radius 3 is 2.65 bits per heavy atom. The second-order valence-corrected chi connectivity index (χ2v) is 5.86. The van der Waals surface area contributed by atoms with E-state index < -0.39 is 4.92 Å². The number of carbonyl (C=O) groups excluding carboxylic acids is 1. The van der Waals surface area contributed by atoms with E-state index in [0.717, 1.165) is 11.3 Å². The highest BCUT2D eigenvalue weighted by atomic mass is 32.1. The quantitative estimate of drug-likeness (QED) is 0.487. The van der Waals surface area contributed by atoms with Crippen molar-refractivity contribution in [3.05, 3.63) is 33.2 Å². The zero-order valence-corrected chi connectivity index (χ0v) is 12.1. The maximum Gasteiger partial charge on any atom is 0.324 e. The number of morpholine rings is 1. The number of ether oxygens (including phenoxy) is 1. The molecule has 2 atom stereocenters. The third-order valence-corrected chi connectivity index (χ3v) is 3.92. The van der Waals surface area contributed by atoms with Crippen LogP contribution in [0, 0.1) is 10.1 Å². The van der Waals surface area contributed by atoms with E-state index in [2.05, 4.69) is 0 Å². The predicted molar refractivity (Wildman–Crippen MR) is 76.6 cm³/mol. The molecule has 20 heavy (non-hydrogen) atoms. The van der Waals surface area contributed by atoms with Crippen LogP contribution in [-0.4, -0.2) is 41.0 Å². The number of nitrogens with zero attached hydrogens (tertiary/aromatic N) is 2. The summed E-state index contributed by atoms with van der Waals surface area (Å²) in [6.45, 7) is 5.00. The molecule has 1 aromatic rings. The molecule has 108 valence electrons. The van der Waals surface area contributed by atoms with Gasteiger partial charge in [-0.25, -0.2) is 0 Å². The maximum absolute atomic E-state index is 12.1. The SMILES string of the molecule is C[C@@H]1CN(C(=O)/C=C/c2ccc([N+](=O)[O-])s2)C[C@@H](C)O1. The highest BCUT2D eigenvalue weighted by molar-refractivity contribution is 7.16. The molecule has 7 heteroatoms. The second kappa shape index (κ2) is 6.15. The van der Waals surface area contributed by atoms with Gasteiger partial charge in [0.1, 0.15) is 0 Å². The molecule has 1 saturated heterocycles. The first-order chi connectivity index (χ1) is 9.45. The summed E-state index contributed by atoms with van der Waals surface area (Å²) < 4.78 is 5.57. The molecule has 1 fully saturated rings. The Hall–Kier alpha value is -1.73. The topological polar surface area (TPSA) is 72.7 Å². The number of nitro groups is 1. The first kappa shape index (κ1) is 14.7. The van der Waals surface area contributed by atoms with Crippen molar-refractivity contribution in [1.29, 1.82) is 0 Å². The van der Waals surface area contributed by atoms with Crippen LogP contribution in [-0.2, 0) is 9.53 Å². The number of carbonyl (C=O) groups is 1. The lowest BCUT2D eigenvalue weighted by Gasteiger charge is -2.34. The van der Waals surface area contributed by atoms with Gasteiger partial charge in [0.15, 0.2) is 0 Å². The van der Waals surface area contributed by atoms with Crippen molar-refractivity contribution in [1.82, 2.24) is 4.90 Å². The largest absolute Gasteiger partial charge is 0.372 e. The monoisotopic (exact) mass is 296 g/mol. The average Bonchev–Trinajstić information content (AvgIpc) is 2.83. The van der Waals surface area contributed by atoms with Crippen LogP contribution < -0.4 is 0 Å². The van der Waals surface area contributed by atoms with Crippen molar-refractivity contribution in [2.45, 2.75) is 26.1 Å². The molecule has 0 radical (unpaired) electrons. The summed E-state index contributed by atoms with van der Waals surface area (Å²) in [5.41, 5.74) is 0. The van der Waals surface area contributed by atoms with Crippen LogP contribution in [0.3, 0.4) is 0 Å². The van der Waals surface area contributed by atoms with Gasteiger partial charge in [-0.3, -0.25) is 14.9 Å². The number of thiophene rings is 1. The Labute approximate surface area is 120 Å². The second-order valence-electron chi connectivity index (χ2n) is 4.77. The highest BCUT2D eigenvalue weighted by Crippen LogP contribution is 2.25. The number of rotatable bonds is 3. The summed E-state index contributed by atoms with van der Waals surface area (Å²) in [6.07, 6.45) is 3.13. The minimum Gasteiger partial charge on any atom is -0.372 e. The van der Waals surface area contributed by atoms with Crippen molar-refractivity contribution in [3.8, 4) is 0 Å². The van der Waals surface area contributed by atoms with Crippen molar-refractivity contribution < 1.29 is 14.5 Å². The van der Waals surface area contributed by atoms with Crippen LogP contribution in [0.2, 0.25) is 0 Å². The lowest BCUT2D eigenvalue weighted by atomic mass is 10.2. The summed E-state index contributed by atoms with van der Waals surface area (Å²) in [5.74, 6) is -0.0944. The third-order valence-electron chi connectivity index (χ3n) is 2.91. The van der Waals surface area contributed by atoms with Gasteiger partial charge in [0, 0.05) is 30.1 Å². The molecule has 0 spiro atoms. The van der Waals surface area contributed by atoms with E-state index >= 15 is 0 Å². The molecule has 0 aliphatic carbocycles. The van der Waals surface area contributed by atoms with Gasteiger partial charge in [-0.2, -0.15) is 0 Å². The molecule has 2 rings (SSSR count). The van der Waals surface area contributed by atoms with Crippen molar-refractivity contribution in [2.75, 3.05) is 13.1 Å². The van der Waals surface area contributed by atoms with Gasteiger partial charge in [-0.05, 0) is 26.0 Å². The van der Waals surface area contributed by atoms with Crippen molar-refractivity contribution >= 4 is 28.3 Å². The van der Waals surface area contributed by atoms with E-state index in [1.807, 2.05) is 13.8 Å². The van der Waals surface area contributed by atoms with E-state index in [1.54, 1.807) is 17.0 Å². The lowest BCUT2D eigenvalue weighted by molar-refractivity contribution is -0.380. The molecule has 0 aromatic carbocycles.